The second kappa shape index (κ2) is 3.68. The molecule has 0 spiro atoms. The van der Waals surface area contributed by atoms with E-state index in [0.29, 0.717) is 11.0 Å². The Balaban J connectivity index is 2.80. The van der Waals surface area contributed by atoms with E-state index in [4.69, 9.17) is 4.42 Å². The summed E-state index contributed by atoms with van der Waals surface area (Å²) in [5.41, 5.74) is -1.25. The smallest absolute Gasteiger partial charge is 0.333 e. The average Bonchev–Trinajstić information content (AvgIpc) is 2.43. The van der Waals surface area contributed by atoms with Crippen molar-refractivity contribution >= 4 is 22.1 Å². The van der Waals surface area contributed by atoms with Crippen molar-refractivity contribution in [2.24, 2.45) is 14.1 Å². The van der Waals surface area contributed by atoms with Crippen molar-refractivity contribution < 1.29 is 4.42 Å². The molecule has 2 aromatic heterocycles. The van der Waals surface area contributed by atoms with E-state index in [-0.39, 0.29) is 11.1 Å². The van der Waals surface area contributed by atoms with Crippen LogP contribution in [0.3, 0.4) is 0 Å². The van der Waals surface area contributed by atoms with E-state index in [1.807, 2.05) is 0 Å². The first-order valence-electron chi connectivity index (χ1n) is 5.64. The Hall–Kier alpha value is -2.63. The molecule has 0 atom stereocenters. The normalized spacial score (nSPS) is 11.3. The summed E-state index contributed by atoms with van der Waals surface area (Å²) in [6.45, 7) is 0. The highest BCUT2D eigenvalue weighted by atomic mass is 16.3. The van der Waals surface area contributed by atoms with Gasteiger partial charge in [0.25, 0.3) is 5.56 Å². The number of para-hydroxylation sites is 1. The quantitative estimate of drug-likeness (QED) is 0.545. The number of aryl methyl sites for hydroxylation is 1. The first-order valence-corrected chi connectivity index (χ1v) is 5.64. The molecule has 96 valence electrons. The molecule has 0 radical (unpaired) electrons. The lowest BCUT2D eigenvalue weighted by Crippen LogP contribution is -2.38. The number of aromatic nitrogens is 2. The Bertz CT molecular complexity index is 992. The number of hydrogen-bond acceptors (Lipinski definition) is 4. The van der Waals surface area contributed by atoms with Gasteiger partial charge < -0.3 is 4.42 Å². The van der Waals surface area contributed by atoms with Crippen LogP contribution in [0.2, 0.25) is 0 Å². The molecule has 19 heavy (non-hydrogen) atoms. The van der Waals surface area contributed by atoms with Crippen LogP contribution in [-0.4, -0.2) is 9.13 Å². The van der Waals surface area contributed by atoms with Crippen molar-refractivity contribution in [1.82, 2.24) is 9.13 Å². The Morgan fingerprint density at radius 3 is 2.42 bits per heavy atom. The molecule has 0 fully saturated rings. The summed E-state index contributed by atoms with van der Waals surface area (Å²) in [6, 6.07) is 6.62. The Morgan fingerprint density at radius 2 is 1.68 bits per heavy atom. The Morgan fingerprint density at radius 1 is 1.00 bits per heavy atom. The van der Waals surface area contributed by atoms with Crippen molar-refractivity contribution in [3.05, 3.63) is 55.3 Å². The fourth-order valence-corrected chi connectivity index (χ4v) is 2.12. The molecule has 6 nitrogen and oxygen atoms in total. The fraction of sp³-hybridized carbons (Fsp3) is 0.154. The van der Waals surface area contributed by atoms with Gasteiger partial charge >= 0.3 is 5.69 Å². The average molecular weight is 258 g/mol. The highest BCUT2D eigenvalue weighted by molar-refractivity contribution is 5.87. The van der Waals surface area contributed by atoms with E-state index < -0.39 is 16.7 Å². The second-order valence-electron chi connectivity index (χ2n) is 4.31. The summed E-state index contributed by atoms with van der Waals surface area (Å²) in [7, 11) is 2.79. The van der Waals surface area contributed by atoms with Gasteiger partial charge in [-0.1, -0.05) is 12.1 Å². The minimum atomic E-state index is -0.641. The summed E-state index contributed by atoms with van der Waals surface area (Å²) in [4.78, 5) is 36.2. The summed E-state index contributed by atoms with van der Waals surface area (Å²) in [5.74, 6) is 0. The van der Waals surface area contributed by atoms with E-state index in [1.54, 1.807) is 24.3 Å². The molecule has 0 aliphatic rings. The molecule has 3 rings (SSSR count). The maximum absolute atomic E-state index is 12.3. The molecule has 0 bridgehead atoms. The molecule has 0 saturated carbocycles. The third-order valence-corrected chi connectivity index (χ3v) is 3.18. The highest BCUT2D eigenvalue weighted by Gasteiger charge is 2.16. The molecule has 1 aromatic carbocycles. The van der Waals surface area contributed by atoms with Crippen LogP contribution >= 0.6 is 0 Å². The molecule has 0 N–H and O–H groups in total. The zero-order chi connectivity index (χ0) is 13.7. The van der Waals surface area contributed by atoms with E-state index >= 15 is 0 Å². The van der Waals surface area contributed by atoms with Gasteiger partial charge in [0.15, 0.2) is 0 Å². The van der Waals surface area contributed by atoms with Crippen molar-refractivity contribution in [3.63, 3.8) is 0 Å². The van der Waals surface area contributed by atoms with E-state index in [2.05, 4.69) is 0 Å². The third kappa shape index (κ3) is 1.40. The van der Waals surface area contributed by atoms with Crippen molar-refractivity contribution in [2.75, 3.05) is 0 Å². The van der Waals surface area contributed by atoms with Gasteiger partial charge in [0.1, 0.15) is 11.0 Å². The monoisotopic (exact) mass is 258 g/mol. The van der Waals surface area contributed by atoms with Crippen molar-refractivity contribution in [2.45, 2.75) is 0 Å². The predicted octanol–water partition coefficient (Wildman–Crippen LogP) is 0.344. The lowest BCUT2D eigenvalue weighted by molar-refractivity contribution is 0.587. The molecular weight excluding hydrogens is 248 g/mol. The van der Waals surface area contributed by atoms with Crippen LogP contribution < -0.4 is 16.7 Å². The van der Waals surface area contributed by atoms with E-state index in [9.17, 15) is 14.4 Å². The summed E-state index contributed by atoms with van der Waals surface area (Å²) in [5, 5.41) is 0.217. The number of rotatable bonds is 0. The van der Waals surface area contributed by atoms with Crippen LogP contribution in [0.4, 0.5) is 0 Å². The number of nitrogens with zero attached hydrogens (tertiary/aromatic N) is 2. The molecule has 0 saturated heterocycles. The zero-order valence-corrected chi connectivity index (χ0v) is 10.3. The molecular formula is C13H10N2O4. The van der Waals surface area contributed by atoms with Crippen LogP contribution in [-0.2, 0) is 14.1 Å². The summed E-state index contributed by atoms with van der Waals surface area (Å²) >= 11 is 0. The van der Waals surface area contributed by atoms with E-state index in [0.717, 1.165) is 9.13 Å². The molecule has 0 aliphatic carbocycles. The zero-order valence-electron chi connectivity index (χ0n) is 10.3. The highest BCUT2D eigenvalue weighted by Crippen LogP contribution is 2.14. The topological polar surface area (TPSA) is 74.2 Å². The molecule has 2 heterocycles. The third-order valence-electron chi connectivity index (χ3n) is 3.18. The summed E-state index contributed by atoms with van der Waals surface area (Å²) < 4.78 is 7.58. The summed E-state index contributed by atoms with van der Waals surface area (Å²) in [6.07, 6.45) is 0. The SMILES string of the molecule is Cn1c(=O)c2c(=O)c3ccccc3oc2n(C)c1=O. The molecule has 6 heteroatoms. The van der Waals surface area contributed by atoms with Crippen molar-refractivity contribution in [3.8, 4) is 0 Å². The standard InChI is InChI=1S/C13H10N2O4/c1-14-11(17)9-10(16)7-5-3-4-6-8(7)19-12(9)15(2)13(14)18/h3-6H,1-2H3. The van der Waals surface area contributed by atoms with Crippen LogP contribution in [0.25, 0.3) is 22.1 Å². The maximum atomic E-state index is 12.3. The molecule has 0 unspecified atom stereocenters. The van der Waals surface area contributed by atoms with Gasteiger partial charge in [-0.15, -0.1) is 0 Å². The fourth-order valence-electron chi connectivity index (χ4n) is 2.12. The van der Waals surface area contributed by atoms with Crippen molar-refractivity contribution in [1.29, 1.82) is 0 Å². The predicted molar refractivity (Wildman–Crippen MR) is 70.5 cm³/mol. The molecule has 0 amide bonds. The van der Waals surface area contributed by atoms with Crippen LogP contribution in [0.15, 0.2) is 43.1 Å². The Labute approximate surface area is 106 Å². The van der Waals surface area contributed by atoms with Gasteiger partial charge in [0.05, 0.1) is 5.39 Å². The maximum Gasteiger partial charge on any atom is 0.333 e. The molecule has 0 aliphatic heterocycles. The van der Waals surface area contributed by atoms with E-state index in [1.165, 1.54) is 14.1 Å². The van der Waals surface area contributed by atoms with Crippen LogP contribution in [0.1, 0.15) is 0 Å². The largest absolute Gasteiger partial charge is 0.439 e. The minimum absolute atomic E-state index is 0.00296. The van der Waals surface area contributed by atoms with Gasteiger partial charge in [-0.25, -0.2) is 4.79 Å². The second-order valence-corrected chi connectivity index (χ2v) is 4.31. The Kier molecular flexibility index (Phi) is 2.22. The van der Waals surface area contributed by atoms with Crippen LogP contribution in [0.5, 0.6) is 0 Å². The molecule has 3 aromatic rings. The van der Waals surface area contributed by atoms with Gasteiger partial charge in [-0.05, 0) is 12.1 Å². The first kappa shape index (κ1) is 11.5. The van der Waals surface area contributed by atoms with Gasteiger partial charge in [0.2, 0.25) is 11.1 Å². The lowest BCUT2D eigenvalue weighted by Gasteiger charge is -2.06. The van der Waals surface area contributed by atoms with Gasteiger partial charge in [-0.2, -0.15) is 0 Å². The lowest BCUT2D eigenvalue weighted by atomic mass is 10.2. The van der Waals surface area contributed by atoms with Gasteiger partial charge in [-0.3, -0.25) is 18.7 Å². The number of benzene rings is 1. The minimum Gasteiger partial charge on any atom is -0.439 e. The number of fused-ring (bicyclic) bond motifs is 2. The first-order chi connectivity index (χ1) is 9.02. The van der Waals surface area contributed by atoms with Crippen LogP contribution in [0, 0.1) is 0 Å². The number of hydrogen-bond donors (Lipinski definition) is 0. The van der Waals surface area contributed by atoms with Gasteiger partial charge in [0, 0.05) is 14.1 Å².